The first-order valence-electron chi connectivity index (χ1n) is 3.82. The third-order valence-corrected chi connectivity index (χ3v) is 3.65. The van der Waals surface area contributed by atoms with E-state index < -0.39 is 0 Å². The predicted octanol–water partition coefficient (Wildman–Crippen LogP) is -1.07. The van der Waals surface area contributed by atoms with E-state index in [2.05, 4.69) is 34.5 Å². The molecule has 3 N–H and O–H groups in total. The van der Waals surface area contributed by atoms with Crippen LogP contribution in [0.4, 0.5) is 0 Å². The minimum absolute atomic E-state index is 0.253. The van der Waals surface area contributed by atoms with Crippen LogP contribution in [0, 0.1) is 5.92 Å². The van der Waals surface area contributed by atoms with Gasteiger partial charge in [-0.2, -0.15) is 0 Å². The van der Waals surface area contributed by atoms with Crippen molar-refractivity contribution in [2.75, 3.05) is 0 Å². The van der Waals surface area contributed by atoms with Crippen molar-refractivity contribution < 1.29 is 0 Å². The van der Waals surface area contributed by atoms with Gasteiger partial charge in [0, 0.05) is 0 Å². The fourth-order valence-electron chi connectivity index (χ4n) is 0.577. The Morgan fingerprint density at radius 3 is 2.83 bits per heavy atom. The molecule has 12 heavy (non-hydrogen) atoms. The molecule has 68 valence electrons. The molecule has 6 heteroatoms. The molecule has 1 aromatic rings. The van der Waals surface area contributed by atoms with Crippen LogP contribution in [-0.4, -0.2) is 41.6 Å². The van der Waals surface area contributed by atoms with Crippen LogP contribution in [0.5, 0.6) is 0 Å². The number of nitrogens with zero attached hydrogens (tertiary/aromatic N) is 3. The van der Waals surface area contributed by atoms with Gasteiger partial charge in [0.2, 0.25) is 0 Å². The van der Waals surface area contributed by atoms with Gasteiger partial charge in [-0.15, -0.1) is 0 Å². The second-order valence-corrected chi connectivity index (χ2v) is 4.98. The fraction of sp³-hybridized carbons (Fsp3) is 0.833. The van der Waals surface area contributed by atoms with Crippen LogP contribution in [0.1, 0.15) is 13.8 Å². The number of tetrazole rings is 1. The van der Waals surface area contributed by atoms with Gasteiger partial charge in [-0.3, -0.25) is 0 Å². The van der Waals surface area contributed by atoms with Crippen LogP contribution in [0.2, 0.25) is 5.32 Å². The number of nitrogens with one attached hydrogen (secondary N) is 1. The van der Waals surface area contributed by atoms with Crippen molar-refractivity contribution in [3.63, 3.8) is 0 Å². The number of aromatic nitrogens is 4. The van der Waals surface area contributed by atoms with Crippen LogP contribution >= 0.6 is 0 Å². The Morgan fingerprint density at radius 2 is 2.33 bits per heavy atom. The molecule has 1 heterocycles. The van der Waals surface area contributed by atoms with Gasteiger partial charge in [0.1, 0.15) is 0 Å². The summed E-state index contributed by atoms with van der Waals surface area (Å²) in [7, 11) is 0. The maximum absolute atomic E-state index is 5.86. The van der Waals surface area contributed by atoms with Gasteiger partial charge in [-0.05, 0) is 0 Å². The number of H-pyrrole nitrogens is 1. The zero-order valence-electron chi connectivity index (χ0n) is 7.19. The van der Waals surface area contributed by atoms with Crippen molar-refractivity contribution in [1.29, 1.82) is 0 Å². The zero-order chi connectivity index (χ0) is 8.97. The van der Waals surface area contributed by atoms with Gasteiger partial charge in [-0.25, -0.2) is 0 Å². The molecule has 5 nitrogen and oxygen atoms in total. The molecule has 0 fully saturated rings. The van der Waals surface area contributed by atoms with Crippen molar-refractivity contribution in [3.05, 3.63) is 0 Å². The average Bonchev–Trinajstić information content (AvgIpc) is 2.51. The molecule has 0 aromatic carbocycles. The summed E-state index contributed by atoms with van der Waals surface area (Å²) in [6, 6.07) is 0.253. The predicted molar refractivity (Wildman–Crippen MR) is 47.2 cm³/mol. The van der Waals surface area contributed by atoms with Crippen molar-refractivity contribution in [2.45, 2.75) is 25.2 Å². The molecule has 1 atom stereocenters. The standard InChI is InChI=1S/C6H13N5Se/c1-4(2)5(7)3-12-6-8-10-11-9-6/h4-5H,3,7H2,1-2H3,(H,8,9,10,11)/t5-/m1/s1. The monoisotopic (exact) mass is 235 g/mol. The molecule has 0 saturated heterocycles. The van der Waals surface area contributed by atoms with Crippen molar-refractivity contribution in [2.24, 2.45) is 11.7 Å². The Morgan fingerprint density at radius 1 is 1.58 bits per heavy atom. The summed E-state index contributed by atoms with van der Waals surface area (Å²) in [4.78, 5) is 0. The molecule has 0 bridgehead atoms. The Kier molecular flexibility index (Phi) is 3.65. The first-order valence-corrected chi connectivity index (χ1v) is 5.88. The van der Waals surface area contributed by atoms with Crippen LogP contribution in [0.3, 0.4) is 0 Å². The van der Waals surface area contributed by atoms with E-state index in [0.717, 1.165) is 10.0 Å². The van der Waals surface area contributed by atoms with E-state index in [1.807, 2.05) is 0 Å². The van der Waals surface area contributed by atoms with Crippen LogP contribution in [0.15, 0.2) is 0 Å². The van der Waals surface area contributed by atoms with Gasteiger partial charge in [-0.1, -0.05) is 0 Å². The summed E-state index contributed by atoms with van der Waals surface area (Å²) in [5, 5.41) is 14.6. The first-order chi connectivity index (χ1) is 5.70. The second-order valence-electron chi connectivity index (χ2n) is 2.91. The van der Waals surface area contributed by atoms with Gasteiger partial charge < -0.3 is 0 Å². The number of hydrogen-bond donors (Lipinski definition) is 2. The fourth-order valence-corrected chi connectivity index (χ4v) is 2.53. The summed E-state index contributed by atoms with van der Waals surface area (Å²) in [6.45, 7) is 4.24. The second kappa shape index (κ2) is 4.54. The molecule has 1 aromatic heterocycles. The van der Waals surface area contributed by atoms with E-state index in [9.17, 15) is 0 Å². The van der Waals surface area contributed by atoms with Crippen LogP contribution in [0.25, 0.3) is 0 Å². The topological polar surface area (TPSA) is 80.5 Å². The van der Waals surface area contributed by atoms with Crippen molar-refractivity contribution in [3.8, 4) is 0 Å². The Labute approximate surface area is 77.7 Å². The number of hydrogen-bond acceptors (Lipinski definition) is 4. The van der Waals surface area contributed by atoms with Crippen molar-refractivity contribution >= 4 is 19.7 Å². The zero-order valence-corrected chi connectivity index (χ0v) is 8.90. The molecule has 0 radical (unpaired) electrons. The molecule has 0 amide bonds. The summed E-state index contributed by atoms with van der Waals surface area (Å²) in [6.07, 6.45) is 0. The van der Waals surface area contributed by atoms with Gasteiger partial charge >= 0.3 is 77.2 Å². The Balaban J connectivity index is 2.27. The molecule has 0 saturated carbocycles. The maximum atomic E-state index is 5.86. The molecule has 0 aliphatic carbocycles. The summed E-state index contributed by atoms with van der Waals surface area (Å²) in [5.41, 5.74) is 5.86. The molecular formula is C6H13N5Se. The van der Waals surface area contributed by atoms with E-state index in [1.54, 1.807) is 0 Å². The van der Waals surface area contributed by atoms with E-state index in [-0.39, 0.29) is 21.0 Å². The molecule has 0 unspecified atom stereocenters. The molecular weight excluding hydrogens is 221 g/mol. The van der Waals surface area contributed by atoms with Crippen LogP contribution in [-0.2, 0) is 0 Å². The number of aromatic amines is 1. The first kappa shape index (κ1) is 9.64. The number of nitrogens with two attached hydrogens (primary N) is 1. The molecule has 0 aliphatic heterocycles. The molecule has 0 aliphatic rings. The van der Waals surface area contributed by atoms with Crippen molar-refractivity contribution in [1.82, 2.24) is 20.6 Å². The third kappa shape index (κ3) is 2.89. The van der Waals surface area contributed by atoms with E-state index in [1.165, 1.54) is 0 Å². The van der Waals surface area contributed by atoms with E-state index in [4.69, 9.17) is 5.73 Å². The van der Waals surface area contributed by atoms with E-state index in [0.29, 0.717) is 5.92 Å². The average molecular weight is 234 g/mol. The summed E-state index contributed by atoms with van der Waals surface area (Å²) < 4.78 is 0.804. The Bertz CT molecular complexity index is 210. The summed E-state index contributed by atoms with van der Waals surface area (Å²) >= 11 is 0.261. The van der Waals surface area contributed by atoms with Crippen LogP contribution < -0.4 is 10.5 Å². The van der Waals surface area contributed by atoms with Gasteiger partial charge in [0.25, 0.3) is 0 Å². The molecule has 0 spiro atoms. The molecule has 1 rings (SSSR count). The minimum atomic E-state index is 0.253. The number of rotatable bonds is 4. The van der Waals surface area contributed by atoms with Gasteiger partial charge in [0.15, 0.2) is 0 Å². The van der Waals surface area contributed by atoms with E-state index >= 15 is 0 Å². The third-order valence-electron chi connectivity index (χ3n) is 1.59. The SMILES string of the molecule is CC(C)[C@H](N)C[Se]c1nn[nH]n1. The Hall–Kier alpha value is -0.451. The quantitative estimate of drug-likeness (QED) is 0.650. The summed E-state index contributed by atoms with van der Waals surface area (Å²) in [5.74, 6) is 0.527. The normalized spacial score (nSPS) is 13.7. The van der Waals surface area contributed by atoms with Gasteiger partial charge in [0.05, 0.1) is 0 Å².